The monoisotopic (exact) mass is 411 g/mol. The second kappa shape index (κ2) is 8.86. The molecule has 0 saturated carbocycles. The highest BCUT2D eigenvalue weighted by atomic mass is 35.5. The van der Waals surface area contributed by atoms with E-state index in [-0.39, 0.29) is 5.91 Å². The van der Waals surface area contributed by atoms with E-state index in [2.05, 4.69) is 22.4 Å². The Hall–Kier alpha value is -2.21. The maximum atomic E-state index is 12.8. The molecular formula is C22H22ClN3OS. The molecule has 0 radical (unpaired) electrons. The van der Waals surface area contributed by atoms with Crippen LogP contribution >= 0.6 is 22.9 Å². The molecule has 4 nitrogen and oxygen atoms in total. The van der Waals surface area contributed by atoms with Crippen molar-refractivity contribution in [3.63, 3.8) is 0 Å². The van der Waals surface area contributed by atoms with E-state index in [9.17, 15) is 4.79 Å². The first-order valence-corrected chi connectivity index (χ1v) is 10.7. The third-order valence-corrected chi connectivity index (χ3v) is 6.08. The summed E-state index contributed by atoms with van der Waals surface area (Å²) in [7, 11) is 0. The summed E-state index contributed by atoms with van der Waals surface area (Å²) in [6.07, 6.45) is 0.960. The molecule has 0 bridgehead atoms. The number of amides is 1. The lowest BCUT2D eigenvalue weighted by molar-refractivity contribution is 0.0761. The first-order valence-electron chi connectivity index (χ1n) is 9.46. The number of nitrogens with zero attached hydrogens (tertiary/aromatic N) is 3. The first kappa shape index (κ1) is 19.1. The van der Waals surface area contributed by atoms with Gasteiger partial charge in [-0.15, -0.1) is 11.3 Å². The molecule has 1 aliphatic rings. The van der Waals surface area contributed by atoms with Crippen LogP contribution in [-0.4, -0.2) is 46.9 Å². The quantitative estimate of drug-likeness (QED) is 0.618. The van der Waals surface area contributed by atoms with Gasteiger partial charge in [0.1, 0.15) is 5.01 Å². The lowest BCUT2D eigenvalue weighted by Gasteiger charge is -2.21. The predicted molar refractivity (Wildman–Crippen MR) is 115 cm³/mol. The van der Waals surface area contributed by atoms with Crippen LogP contribution in [0.3, 0.4) is 0 Å². The van der Waals surface area contributed by atoms with Crippen molar-refractivity contribution < 1.29 is 4.79 Å². The highest BCUT2D eigenvalue weighted by molar-refractivity contribution is 7.13. The van der Waals surface area contributed by atoms with Crippen molar-refractivity contribution in [3.05, 3.63) is 76.3 Å². The molecule has 1 fully saturated rings. The molecular weight excluding hydrogens is 390 g/mol. The summed E-state index contributed by atoms with van der Waals surface area (Å²) < 4.78 is 0. The predicted octanol–water partition coefficient (Wildman–Crippen LogP) is 4.81. The highest BCUT2D eigenvalue weighted by Gasteiger charge is 2.21. The minimum absolute atomic E-state index is 0.0596. The van der Waals surface area contributed by atoms with Crippen LogP contribution in [-0.2, 0) is 6.54 Å². The van der Waals surface area contributed by atoms with Gasteiger partial charge in [0.05, 0.1) is 5.69 Å². The van der Waals surface area contributed by atoms with E-state index in [1.807, 2.05) is 35.2 Å². The van der Waals surface area contributed by atoms with Crippen molar-refractivity contribution in [2.45, 2.75) is 13.0 Å². The molecule has 0 aliphatic carbocycles. The Labute approximate surface area is 174 Å². The summed E-state index contributed by atoms with van der Waals surface area (Å²) in [5.41, 5.74) is 2.92. The number of benzene rings is 2. The Kier molecular flexibility index (Phi) is 6.05. The number of aromatic nitrogens is 1. The average Bonchev–Trinajstić information content (AvgIpc) is 3.06. The smallest absolute Gasteiger partial charge is 0.253 e. The second-order valence-corrected chi connectivity index (χ2v) is 8.24. The third-order valence-electron chi connectivity index (χ3n) is 4.91. The first-order chi connectivity index (χ1) is 13.7. The van der Waals surface area contributed by atoms with Gasteiger partial charge in [0.15, 0.2) is 0 Å². The van der Waals surface area contributed by atoms with Gasteiger partial charge in [-0.25, -0.2) is 4.98 Å². The van der Waals surface area contributed by atoms with Crippen LogP contribution in [0.25, 0.3) is 10.6 Å². The van der Waals surface area contributed by atoms with Crippen molar-refractivity contribution in [3.8, 4) is 10.6 Å². The molecule has 1 amide bonds. The molecule has 6 heteroatoms. The van der Waals surface area contributed by atoms with E-state index in [1.54, 1.807) is 23.5 Å². The van der Waals surface area contributed by atoms with Gasteiger partial charge in [0.25, 0.3) is 5.91 Å². The van der Waals surface area contributed by atoms with Gasteiger partial charge < -0.3 is 4.90 Å². The molecule has 28 heavy (non-hydrogen) atoms. The average molecular weight is 412 g/mol. The standard InChI is InChI=1S/C22H22ClN3OS/c23-19-9-4-8-18(14-19)22(27)26-11-5-10-25(12-13-26)15-20-16-28-21(24-20)17-6-2-1-3-7-17/h1-4,6-9,14,16H,5,10-13,15H2. The van der Waals surface area contributed by atoms with E-state index < -0.39 is 0 Å². The third kappa shape index (κ3) is 4.61. The number of thiazole rings is 1. The molecule has 3 aromatic rings. The summed E-state index contributed by atoms with van der Waals surface area (Å²) in [6, 6.07) is 17.5. The summed E-state index contributed by atoms with van der Waals surface area (Å²) in [5, 5.41) is 3.80. The molecule has 2 heterocycles. The van der Waals surface area contributed by atoms with Crippen LogP contribution in [0.1, 0.15) is 22.5 Å². The fraction of sp³-hybridized carbons (Fsp3) is 0.273. The number of carbonyl (C=O) groups excluding carboxylic acids is 1. The number of rotatable bonds is 4. The fourth-order valence-corrected chi connectivity index (χ4v) is 4.47. The molecule has 1 aliphatic heterocycles. The van der Waals surface area contributed by atoms with Gasteiger partial charge in [-0.2, -0.15) is 0 Å². The van der Waals surface area contributed by atoms with Crippen molar-refractivity contribution >= 4 is 28.8 Å². The van der Waals surface area contributed by atoms with Crippen molar-refractivity contribution in [2.24, 2.45) is 0 Å². The number of hydrogen-bond acceptors (Lipinski definition) is 4. The summed E-state index contributed by atoms with van der Waals surface area (Å²) in [5.74, 6) is 0.0596. The number of halogens is 1. The summed E-state index contributed by atoms with van der Waals surface area (Å²) >= 11 is 7.72. The fourth-order valence-electron chi connectivity index (χ4n) is 3.46. The van der Waals surface area contributed by atoms with Crippen LogP contribution in [0, 0.1) is 0 Å². The maximum absolute atomic E-state index is 12.8. The van der Waals surface area contributed by atoms with Crippen molar-refractivity contribution in [1.29, 1.82) is 0 Å². The number of hydrogen-bond donors (Lipinski definition) is 0. The van der Waals surface area contributed by atoms with Crippen LogP contribution in [0.15, 0.2) is 60.0 Å². The Morgan fingerprint density at radius 1 is 1.04 bits per heavy atom. The molecule has 2 aromatic carbocycles. The van der Waals surface area contributed by atoms with Gasteiger partial charge >= 0.3 is 0 Å². The zero-order valence-electron chi connectivity index (χ0n) is 15.6. The van der Waals surface area contributed by atoms with Crippen LogP contribution in [0.2, 0.25) is 5.02 Å². The van der Waals surface area contributed by atoms with Gasteiger partial charge in [-0.1, -0.05) is 48.0 Å². The van der Waals surface area contributed by atoms with Gasteiger partial charge in [-0.3, -0.25) is 9.69 Å². The zero-order valence-corrected chi connectivity index (χ0v) is 17.1. The SMILES string of the molecule is O=C(c1cccc(Cl)c1)N1CCCN(Cc2csc(-c3ccccc3)n2)CC1. The van der Waals surface area contributed by atoms with Crippen LogP contribution in [0.5, 0.6) is 0 Å². The van der Waals surface area contributed by atoms with Gasteiger partial charge in [0, 0.05) is 54.3 Å². The van der Waals surface area contributed by atoms with Crippen molar-refractivity contribution in [2.75, 3.05) is 26.2 Å². The summed E-state index contributed by atoms with van der Waals surface area (Å²) in [6.45, 7) is 4.14. The Balaban J connectivity index is 1.37. The molecule has 0 unspecified atom stereocenters. The van der Waals surface area contributed by atoms with E-state index in [0.29, 0.717) is 10.6 Å². The molecule has 1 aromatic heterocycles. The minimum Gasteiger partial charge on any atom is -0.337 e. The lowest BCUT2D eigenvalue weighted by atomic mass is 10.2. The topological polar surface area (TPSA) is 36.4 Å². The Bertz CT molecular complexity index is 944. The second-order valence-electron chi connectivity index (χ2n) is 6.94. The lowest BCUT2D eigenvalue weighted by Crippen LogP contribution is -2.35. The van der Waals surface area contributed by atoms with Gasteiger partial charge in [0.2, 0.25) is 0 Å². The van der Waals surface area contributed by atoms with Crippen molar-refractivity contribution in [1.82, 2.24) is 14.8 Å². The van der Waals surface area contributed by atoms with E-state index in [0.717, 1.165) is 55.4 Å². The van der Waals surface area contributed by atoms with E-state index in [4.69, 9.17) is 16.6 Å². The Morgan fingerprint density at radius 2 is 1.89 bits per heavy atom. The highest BCUT2D eigenvalue weighted by Crippen LogP contribution is 2.24. The normalized spacial score (nSPS) is 15.4. The number of carbonyl (C=O) groups is 1. The molecule has 0 spiro atoms. The molecule has 0 N–H and O–H groups in total. The minimum atomic E-state index is 0.0596. The summed E-state index contributed by atoms with van der Waals surface area (Å²) in [4.78, 5) is 21.9. The van der Waals surface area contributed by atoms with E-state index >= 15 is 0 Å². The molecule has 144 valence electrons. The maximum Gasteiger partial charge on any atom is 0.253 e. The Morgan fingerprint density at radius 3 is 2.71 bits per heavy atom. The molecule has 4 rings (SSSR count). The van der Waals surface area contributed by atoms with Crippen LogP contribution < -0.4 is 0 Å². The van der Waals surface area contributed by atoms with Gasteiger partial charge in [-0.05, 0) is 24.6 Å². The molecule has 0 atom stereocenters. The van der Waals surface area contributed by atoms with Crippen LogP contribution in [0.4, 0.5) is 0 Å². The zero-order chi connectivity index (χ0) is 19.3. The largest absolute Gasteiger partial charge is 0.337 e. The van der Waals surface area contributed by atoms with E-state index in [1.165, 1.54) is 0 Å². The molecule has 1 saturated heterocycles.